The first kappa shape index (κ1) is 24.2. The number of nitrogens with one attached hydrogen (secondary N) is 2. The van der Waals surface area contributed by atoms with Crippen molar-refractivity contribution in [3.05, 3.63) is 65.5 Å². The highest BCUT2D eigenvalue weighted by atomic mass is 19.4. The zero-order valence-corrected chi connectivity index (χ0v) is 18.5. The molecule has 0 spiro atoms. The van der Waals surface area contributed by atoms with Gasteiger partial charge in [-0.05, 0) is 79.5 Å². The van der Waals surface area contributed by atoms with Gasteiger partial charge in [0.25, 0.3) is 0 Å². The monoisotopic (exact) mass is 488 g/mol. The number of carboxylic acids is 1. The van der Waals surface area contributed by atoms with E-state index in [2.05, 4.69) is 20.8 Å². The molecular weight excluding hydrogens is 465 g/mol. The lowest BCUT2D eigenvalue weighted by Crippen LogP contribution is -2.16. The number of benzene rings is 2. The van der Waals surface area contributed by atoms with Crippen LogP contribution in [0, 0.1) is 5.92 Å². The third-order valence-corrected chi connectivity index (χ3v) is 6.03. The van der Waals surface area contributed by atoms with Crippen LogP contribution in [0.2, 0.25) is 0 Å². The number of aliphatic carboxylic acids is 1. The molecule has 3 N–H and O–H groups in total. The van der Waals surface area contributed by atoms with Gasteiger partial charge in [0.1, 0.15) is 0 Å². The maximum absolute atomic E-state index is 12.7. The van der Waals surface area contributed by atoms with Gasteiger partial charge in [0, 0.05) is 17.8 Å². The second kappa shape index (κ2) is 10.2. The second-order valence-electron chi connectivity index (χ2n) is 8.50. The van der Waals surface area contributed by atoms with Crippen molar-refractivity contribution in [3.8, 4) is 0 Å². The van der Waals surface area contributed by atoms with Crippen molar-refractivity contribution < 1.29 is 32.3 Å². The average Bonchev–Trinajstić information content (AvgIpc) is 3.28. The summed E-state index contributed by atoms with van der Waals surface area (Å²) in [6.07, 6.45) is -0.589. The number of aromatic nitrogens is 2. The fourth-order valence-electron chi connectivity index (χ4n) is 4.20. The van der Waals surface area contributed by atoms with Crippen molar-refractivity contribution in [2.24, 2.45) is 5.92 Å². The molecule has 1 aliphatic carbocycles. The number of anilines is 3. The number of nitrogens with zero attached hydrogens (tertiary/aromatic N) is 2. The van der Waals surface area contributed by atoms with Crippen LogP contribution in [0.5, 0.6) is 0 Å². The normalized spacial score (nSPS) is 18.1. The minimum atomic E-state index is -4.44. The Morgan fingerprint density at radius 2 is 1.57 bits per heavy atom. The quantitative estimate of drug-likeness (QED) is 0.383. The van der Waals surface area contributed by atoms with E-state index in [1.807, 2.05) is 12.1 Å². The highest BCUT2D eigenvalue weighted by Crippen LogP contribution is 2.37. The predicted molar refractivity (Wildman–Crippen MR) is 120 cm³/mol. The SMILES string of the molecule is O=C(O)CC1CCC(c2ccc(NC(=O)c3nnc(Nc4ccc(C(F)(F)F)cc4)o3)cc2)CC1. The van der Waals surface area contributed by atoms with Crippen molar-refractivity contribution >= 4 is 29.3 Å². The molecule has 1 amide bonds. The molecule has 0 bridgehead atoms. The first-order valence-electron chi connectivity index (χ1n) is 11.1. The number of halogens is 3. The van der Waals surface area contributed by atoms with Gasteiger partial charge in [0.05, 0.1) is 5.56 Å². The second-order valence-corrected chi connectivity index (χ2v) is 8.50. The molecule has 1 heterocycles. The van der Waals surface area contributed by atoms with Crippen molar-refractivity contribution in [2.75, 3.05) is 10.6 Å². The van der Waals surface area contributed by atoms with Crippen LogP contribution < -0.4 is 10.6 Å². The molecule has 1 aromatic heterocycles. The predicted octanol–water partition coefficient (Wildman–Crippen LogP) is 5.83. The van der Waals surface area contributed by atoms with Crippen LogP contribution in [0.25, 0.3) is 0 Å². The van der Waals surface area contributed by atoms with Gasteiger partial charge in [-0.25, -0.2) is 0 Å². The first-order valence-corrected chi connectivity index (χ1v) is 11.1. The molecule has 1 fully saturated rings. The van der Waals surface area contributed by atoms with Crippen LogP contribution in [0.1, 0.15) is 59.8 Å². The van der Waals surface area contributed by atoms with Crippen LogP contribution >= 0.6 is 0 Å². The Morgan fingerprint density at radius 1 is 0.943 bits per heavy atom. The van der Waals surface area contributed by atoms with Crippen molar-refractivity contribution in [1.29, 1.82) is 0 Å². The largest absolute Gasteiger partial charge is 0.481 e. The van der Waals surface area contributed by atoms with Crippen LogP contribution in [-0.2, 0) is 11.0 Å². The topological polar surface area (TPSA) is 117 Å². The zero-order chi connectivity index (χ0) is 25.0. The maximum Gasteiger partial charge on any atom is 0.416 e. The molecule has 3 aromatic rings. The Hall–Kier alpha value is -3.89. The van der Waals surface area contributed by atoms with Gasteiger partial charge in [-0.2, -0.15) is 13.2 Å². The summed E-state index contributed by atoms with van der Waals surface area (Å²) in [6.45, 7) is 0. The summed E-state index contributed by atoms with van der Waals surface area (Å²) in [4.78, 5) is 23.3. The van der Waals surface area contributed by atoms with Crippen LogP contribution in [0.3, 0.4) is 0 Å². The van der Waals surface area contributed by atoms with E-state index >= 15 is 0 Å². The van der Waals surface area contributed by atoms with Crippen molar-refractivity contribution in [2.45, 2.75) is 44.2 Å². The summed E-state index contributed by atoms with van der Waals surface area (Å²) in [5.74, 6) is -1.09. The number of hydrogen-bond acceptors (Lipinski definition) is 6. The number of hydrogen-bond donors (Lipinski definition) is 3. The van der Waals surface area contributed by atoms with Gasteiger partial charge in [-0.15, -0.1) is 5.10 Å². The van der Waals surface area contributed by atoms with Crippen LogP contribution in [0.15, 0.2) is 52.9 Å². The van der Waals surface area contributed by atoms with E-state index in [4.69, 9.17) is 9.52 Å². The lowest BCUT2D eigenvalue weighted by molar-refractivity contribution is -0.139. The maximum atomic E-state index is 12.7. The average molecular weight is 488 g/mol. The summed E-state index contributed by atoms with van der Waals surface area (Å²) in [5, 5.41) is 21.6. The molecule has 4 rings (SSSR count). The van der Waals surface area contributed by atoms with E-state index in [0.717, 1.165) is 43.4 Å². The smallest absolute Gasteiger partial charge is 0.416 e. The molecule has 11 heteroatoms. The first-order chi connectivity index (χ1) is 16.7. The minimum Gasteiger partial charge on any atom is -0.481 e. The number of amides is 1. The van der Waals surface area contributed by atoms with E-state index in [-0.39, 0.29) is 24.2 Å². The Morgan fingerprint density at radius 3 is 2.17 bits per heavy atom. The molecule has 8 nitrogen and oxygen atoms in total. The van der Waals surface area contributed by atoms with Gasteiger partial charge in [0.15, 0.2) is 0 Å². The summed E-state index contributed by atoms with van der Waals surface area (Å²) < 4.78 is 43.3. The number of carboxylic acid groups (broad SMARTS) is 1. The standard InChI is InChI=1S/C24H23F3N4O4/c25-24(26,27)17-7-11-19(12-8-17)29-23-31-30-22(35-23)21(34)28-18-9-5-16(6-10-18)15-3-1-14(2-4-15)13-20(32)33/h5-12,14-15H,1-4,13H2,(H,28,34)(H,29,31)(H,32,33). The van der Waals surface area contributed by atoms with E-state index in [9.17, 15) is 22.8 Å². The summed E-state index contributed by atoms with van der Waals surface area (Å²) >= 11 is 0. The summed E-state index contributed by atoms with van der Waals surface area (Å²) in [7, 11) is 0. The third-order valence-electron chi connectivity index (χ3n) is 6.03. The highest BCUT2D eigenvalue weighted by molar-refractivity contribution is 6.00. The summed E-state index contributed by atoms with van der Waals surface area (Å²) in [6, 6.07) is 11.5. The van der Waals surface area contributed by atoms with Gasteiger partial charge in [0.2, 0.25) is 0 Å². The fraction of sp³-hybridized carbons (Fsp3) is 0.333. The molecule has 0 aliphatic heterocycles. The number of rotatable bonds is 7. The molecule has 0 unspecified atom stereocenters. The Kier molecular flexibility index (Phi) is 7.04. The summed E-state index contributed by atoms with van der Waals surface area (Å²) in [5.41, 5.74) is 1.18. The van der Waals surface area contributed by atoms with E-state index < -0.39 is 23.6 Å². The molecular formula is C24H23F3N4O4. The van der Waals surface area contributed by atoms with Gasteiger partial charge in [-0.3, -0.25) is 9.59 Å². The Labute approximate surface area is 198 Å². The molecule has 1 aliphatic rings. The van der Waals surface area contributed by atoms with Gasteiger partial charge >= 0.3 is 30.0 Å². The molecule has 0 saturated heterocycles. The van der Waals surface area contributed by atoms with Crippen LogP contribution in [-0.4, -0.2) is 27.2 Å². The Bertz CT molecular complexity index is 1170. The van der Waals surface area contributed by atoms with E-state index in [0.29, 0.717) is 17.3 Å². The zero-order valence-electron chi connectivity index (χ0n) is 18.5. The fourth-order valence-corrected chi connectivity index (χ4v) is 4.20. The van der Waals surface area contributed by atoms with E-state index in [1.165, 1.54) is 12.1 Å². The number of carbonyl (C=O) groups excluding carboxylic acids is 1. The van der Waals surface area contributed by atoms with Crippen molar-refractivity contribution in [3.63, 3.8) is 0 Å². The minimum absolute atomic E-state index is 0.135. The number of carbonyl (C=O) groups is 2. The lowest BCUT2D eigenvalue weighted by atomic mass is 9.77. The molecule has 184 valence electrons. The molecule has 0 radical (unpaired) electrons. The Balaban J connectivity index is 1.30. The van der Waals surface area contributed by atoms with Crippen molar-refractivity contribution in [1.82, 2.24) is 10.2 Å². The van der Waals surface area contributed by atoms with Gasteiger partial charge < -0.3 is 20.2 Å². The van der Waals surface area contributed by atoms with Gasteiger partial charge in [-0.1, -0.05) is 17.2 Å². The molecule has 0 atom stereocenters. The molecule has 35 heavy (non-hydrogen) atoms. The molecule has 2 aromatic carbocycles. The third kappa shape index (κ3) is 6.37. The highest BCUT2D eigenvalue weighted by Gasteiger charge is 2.30. The van der Waals surface area contributed by atoms with Crippen LogP contribution in [0.4, 0.5) is 30.6 Å². The van der Waals surface area contributed by atoms with E-state index in [1.54, 1.807) is 12.1 Å². The molecule has 1 saturated carbocycles. The number of alkyl halides is 3. The lowest BCUT2D eigenvalue weighted by Gasteiger charge is -2.28.